The summed E-state index contributed by atoms with van der Waals surface area (Å²) in [5.41, 5.74) is 1.00. The van der Waals surface area contributed by atoms with Crippen LogP contribution in [-0.4, -0.2) is 35.1 Å². The number of carbonyl (C=O) groups excluding carboxylic acids is 2. The number of amides is 2. The molecule has 0 aliphatic heterocycles. The molecule has 1 unspecified atom stereocenters. The van der Waals surface area contributed by atoms with Crippen LogP contribution in [0.3, 0.4) is 0 Å². The van der Waals surface area contributed by atoms with Gasteiger partial charge in [-0.15, -0.1) is 0 Å². The highest BCUT2D eigenvalue weighted by atomic mass is 35.5. The summed E-state index contributed by atoms with van der Waals surface area (Å²) >= 11 is 12.2. The number of carbonyl (C=O) groups is 2. The van der Waals surface area contributed by atoms with Gasteiger partial charge in [0.1, 0.15) is 0 Å². The van der Waals surface area contributed by atoms with Crippen LogP contribution in [0.2, 0.25) is 10.0 Å². The van der Waals surface area contributed by atoms with Crippen LogP contribution in [0, 0.1) is 0 Å². The predicted molar refractivity (Wildman–Crippen MR) is 105 cm³/mol. The number of benzene rings is 2. The van der Waals surface area contributed by atoms with Gasteiger partial charge < -0.3 is 15.7 Å². The molecule has 0 heterocycles. The van der Waals surface area contributed by atoms with E-state index in [1.165, 1.54) is 0 Å². The van der Waals surface area contributed by atoms with Crippen LogP contribution in [0.1, 0.15) is 28.8 Å². The minimum Gasteiger partial charge on any atom is -0.381 e. The zero-order valence-electron chi connectivity index (χ0n) is 14.5. The fourth-order valence-corrected chi connectivity index (χ4v) is 3.33. The first kappa shape index (κ1) is 19.7. The van der Waals surface area contributed by atoms with Crippen molar-refractivity contribution in [3.05, 3.63) is 69.7 Å². The van der Waals surface area contributed by atoms with Crippen LogP contribution in [0.4, 0.5) is 0 Å². The molecule has 2 aromatic carbocycles. The Balaban J connectivity index is 1.79. The minimum atomic E-state index is -1.39. The molecule has 1 fully saturated rings. The van der Waals surface area contributed by atoms with Gasteiger partial charge in [0, 0.05) is 6.04 Å². The lowest BCUT2D eigenvalue weighted by atomic mass is 10.00. The molecule has 0 radical (unpaired) electrons. The van der Waals surface area contributed by atoms with Crippen LogP contribution in [0.25, 0.3) is 0 Å². The van der Waals surface area contributed by atoms with Gasteiger partial charge in [0.2, 0.25) is 0 Å². The molecule has 27 heavy (non-hydrogen) atoms. The third-order valence-corrected chi connectivity index (χ3v) is 5.01. The molecule has 142 valence electrons. The maximum Gasteiger partial charge on any atom is 0.254 e. The van der Waals surface area contributed by atoms with Crippen molar-refractivity contribution >= 4 is 35.0 Å². The Kier molecular flexibility index (Phi) is 6.37. The topological polar surface area (TPSA) is 78.4 Å². The van der Waals surface area contributed by atoms with Crippen LogP contribution >= 0.6 is 23.2 Å². The van der Waals surface area contributed by atoms with Crippen molar-refractivity contribution in [1.29, 1.82) is 0 Å². The van der Waals surface area contributed by atoms with Gasteiger partial charge in [-0.3, -0.25) is 9.59 Å². The van der Waals surface area contributed by atoms with Gasteiger partial charge >= 0.3 is 0 Å². The molecule has 2 amide bonds. The molecule has 0 spiro atoms. The normalized spacial score (nSPS) is 15.7. The van der Waals surface area contributed by atoms with Crippen molar-refractivity contribution in [3.8, 4) is 0 Å². The molecule has 2 aromatic rings. The van der Waals surface area contributed by atoms with Crippen LogP contribution in [0.15, 0.2) is 48.5 Å². The molecule has 1 aliphatic rings. The summed E-state index contributed by atoms with van der Waals surface area (Å²) in [5.74, 6) is -1.03. The molecule has 1 aliphatic carbocycles. The van der Waals surface area contributed by atoms with E-state index < -0.39 is 24.0 Å². The Morgan fingerprint density at radius 2 is 1.67 bits per heavy atom. The minimum absolute atomic E-state index is 0.109. The largest absolute Gasteiger partial charge is 0.381 e. The van der Waals surface area contributed by atoms with Crippen molar-refractivity contribution in [2.24, 2.45) is 0 Å². The van der Waals surface area contributed by atoms with Gasteiger partial charge in [-0.05, 0) is 37.0 Å². The number of aliphatic hydroxyl groups excluding tert-OH is 1. The van der Waals surface area contributed by atoms with Crippen molar-refractivity contribution in [2.75, 3.05) is 0 Å². The van der Waals surface area contributed by atoms with Gasteiger partial charge in [-0.25, -0.2) is 0 Å². The lowest BCUT2D eigenvalue weighted by Crippen LogP contribution is -2.52. The Morgan fingerprint density at radius 1 is 1.04 bits per heavy atom. The predicted octanol–water partition coefficient (Wildman–Crippen LogP) is 2.97. The molecule has 0 aromatic heterocycles. The summed E-state index contributed by atoms with van der Waals surface area (Å²) in [7, 11) is 0. The van der Waals surface area contributed by atoms with Crippen molar-refractivity contribution in [3.63, 3.8) is 0 Å². The van der Waals surface area contributed by atoms with Crippen LogP contribution < -0.4 is 10.6 Å². The second-order valence-electron chi connectivity index (χ2n) is 6.59. The van der Waals surface area contributed by atoms with E-state index in [1.54, 1.807) is 18.2 Å². The van der Waals surface area contributed by atoms with E-state index in [2.05, 4.69) is 10.6 Å². The van der Waals surface area contributed by atoms with E-state index in [-0.39, 0.29) is 28.1 Å². The van der Waals surface area contributed by atoms with Gasteiger partial charge in [0.25, 0.3) is 11.8 Å². The fraction of sp³-hybridized carbons (Fsp3) is 0.300. The Labute approximate surface area is 167 Å². The van der Waals surface area contributed by atoms with E-state index in [1.807, 2.05) is 30.3 Å². The first-order valence-electron chi connectivity index (χ1n) is 8.73. The summed E-state index contributed by atoms with van der Waals surface area (Å²) in [6.07, 6.45) is 0.705. The maximum absolute atomic E-state index is 12.7. The number of rotatable bonds is 7. The van der Waals surface area contributed by atoms with E-state index in [0.717, 1.165) is 18.4 Å². The maximum atomic E-state index is 12.7. The summed E-state index contributed by atoms with van der Waals surface area (Å²) in [6.45, 7) is 0. The van der Waals surface area contributed by atoms with Gasteiger partial charge in [-0.2, -0.15) is 0 Å². The molecular weight excluding hydrogens is 387 g/mol. The standard InChI is InChI=1S/C20H20Cl2N2O3/c21-14-7-4-8-15(22)17(14)19(26)24-16(11-12-5-2-1-3-6-12)18(25)20(27)23-13-9-10-13/h1-8,13,16,18,25H,9-11H2,(H,23,27)(H,24,26)/t16-,18?/m0/s1. The highest BCUT2D eigenvalue weighted by Gasteiger charge is 2.32. The Bertz CT molecular complexity index is 805. The van der Waals surface area contributed by atoms with Gasteiger partial charge in [0.15, 0.2) is 6.10 Å². The first-order chi connectivity index (χ1) is 13.0. The second kappa shape index (κ2) is 8.74. The molecule has 7 heteroatoms. The number of aliphatic hydroxyl groups is 1. The van der Waals surface area contributed by atoms with E-state index in [9.17, 15) is 14.7 Å². The number of halogens is 2. The smallest absolute Gasteiger partial charge is 0.254 e. The molecule has 2 atom stereocenters. The zero-order valence-corrected chi connectivity index (χ0v) is 16.0. The second-order valence-corrected chi connectivity index (χ2v) is 7.41. The van der Waals surface area contributed by atoms with E-state index in [4.69, 9.17) is 23.2 Å². The number of nitrogens with one attached hydrogen (secondary N) is 2. The summed E-state index contributed by atoms with van der Waals surface area (Å²) in [5, 5.41) is 16.4. The average Bonchev–Trinajstić information content (AvgIpc) is 3.45. The van der Waals surface area contributed by atoms with E-state index >= 15 is 0 Å². The summed E-state index contributed by atoms with van der Waals surface area (Å²) in [6, 6.07) is 13.4. The molecule has 3 N–H and O–H groups in total. The van der Waals surface area contributed by atoms with Crippen molar-refractivity contribution in [1.82, 2.24) is 10.6 Å². The highest BCUT2D eigenvalue weighted by molar-refractivity contribution is 6.39. The molecular formula is C20H20Cl2N2O3. The SMILES string of the molecule is O=C(N[C@@H](Cc1ccccc1)C(O)C(=O)NC1CC1)c1c(Cl)cccc1Cl. The van der Waals surface area contributed by atoms with E-state index in [0.29, 0.717) is 0 Å². The third kappa shape index (κ3) is 5.22. The monoisotopic (exact) mass is 406 g/mol. The number of hydrogen-bond donors (Lipinski definition) is 3. The lowest BCUT2D eigenvalue weighted by molar-refractivity contribution is -0.130. The Morgan fingerprint density at radius 3 is 2.26 bits per heavy atom. The molecule has 0 bridgehead atoms. The summed E-state index contributed by atoms with van der Waals surface area (Å²) < 4.78 is 0. The number of hydrogen-bond acceptors (Lipinski definition) is 3. The molecule has 0 saturated heterocycles. The van der Waals surface area contributed by atoms with Gasteiger partial charge in [0.05, 0.1) is 21.7 Å². The molecule has 3 rings (SSSR count). The lowest BCUT2D eigenvalue weighted by Gasteiger charge is -2.24. The van der Waals surface area contributed by atoms with Crippen LogP contribution in [0.5, 0.6) is 0 Å². The molecule has 5 nitrogen and oxygen atoms in total. The third-order valence-electron chi connectivity index (χ3n) is 4.38. The zero-order chi connectivity index (χ0) is 19.4. The van der Waals surface area contributed by atoms with Crippen LogP contribution in [-0.2, 0) is 11.2 Å². The van der Waals surface area contributed by atoms with Crippen molar-refractivity contribution in [2.45, 2.75) is 37.5 Å². The van der Waals surface area contributed by atoms with Crippen molar-refractivity contribution < 1.29 is 14.7 Å². The first-order valence-corrected chi connectivity index (χ1v) is 9.48. The van der Waals surface area contributed by atoms with Gasteiger partial charge in [-0.1, -0.05) is 59.6 Å². The average molecular weight is 407 g/mol. The highest BCUT2D eigenvalue weighted by Crippen LogP contribution is 2.24. The molecule has 1 saturated carbocycles. The quantitative estimate of drug-likeness (QED) is 0.661. The summed E-state index contributed by atoms with van der Waals surface area (Å²) in [4.78, 5) is 25.0. The fourth-order valence-electron chi connectivity index (χ4n) is 2.76. The Hall–Kier alpha value is -2.08.